The number of fused-ring (bicyclic) bond motifs is 3. The predicted octanol–water partition coefficient (Wildman–Crippen LogP) is 1.89. The number of imidazole rings is 1. The minimum absolute atomic E-state index is 0.297. The van der Waals surface area contributed by atoms with E-state index in [-0.39, 0.29) is 0 Å². The maximum absolute atomic E-state index is 6.01. The highest BCUT2D eigenvalue weighted by molar-refractivity contribution is 5.81. The molecule has 6 heterocycles. The van der Waals surface area contributed by atoms with Gasteiger partial charge in [0.2, 0.25) is 0 Å². The molecule has 0 aromatic carbocycles. The summed E-state index contributed by atoms with van der Waals surface area (Å²) in [7, 11) is 1.95. The lowest BCUT2D eigenvalue weighted by Gasteiger charge is -2.33. The Kier molecular flexibility index (Phi) is 3.33. The van der Waals surface area contributed by atoms with Crippen LogP contribution in [0.4, 0.5) is 5.82 Å². The van der Waals surface area contributed by atoms with Crippen LogP contribution in [0.3, 0.4) is 0 Å². The Morgan fingerprint density at radius 2 is 2.00 bits per heavy atom. The summed E-state index contributed by atoms with van der Waals surface area (Å²) in [5.41, 5.74) is 3.86. The topological polar surface area (TPSA) is 89.2 Å². The first-order chi connectivity index (χ1) is 13.8. The van der Waals surface area contributed by atoms with Gasteiger partial charge in [-0.05, 0) is 31.0 Å². The van der Waals surface area contributed by atoms with E-state index in [2.05, 4.69) is 31.2 Å². The van der Waals surface area contributed by atoms with Crippen molar-refractivity contribution >= 4 is 11.3 Å². The number of aromatic amines is 1. The molecular formula is C19H20N8O. The minimum Gasteiger partial charge on any atom is -0.371 e. The van der Waals surface area contributed by atoms with Crippen LogP contribution in [0.25, 0.3) is 28.3 Å². The average Bonchev–Trinajstić information content (AvgIpc) is 3.48. The molecule has 2 atom stereocenters. The molecule has 0 radical (unpaired) electrons. The van der Waals surface area contributed by atoms with Gasteiger partial charge in [0.15, 0.2) is 5.82 Å². The van der Waals surface area contributed by atoms with Crippen LogP contribution in [0.15, 0.2) is 36.8 Å². The van der Waals surface area contributed by atoms with Crippen molar-refractivity contribution in [1.82, 2.24) is 34.6 Å². The second-order valence-corrected chi connectivity index (χ2v) is 7.47. The van der Waals surface area contributed by atoms with Gasteiger partial charge in [0.25, 0.3) is 0 Å². The highest BCUT2D eigenvalue weighted by Gasteiger charge is 2.34. The number of aryl methyl sites for hydroxylation is 1. The number of H-pyrrole nitrogens is 1. The highest BCUT2D eigenvalue weighted by atomic mass is 16.5. The number of nitrogens with one attached hydrogen (secondary N) is 1. The van der Waals surface area contributed by atoms with Crippen LogP contribution < -0.4 is 4.90 Å². The van der Waals surface area contributed by atoms with Crippen molar-refractivity contribution in [2.24, 2.45) is 7.05 Å². The van der Waals surface area contributed by atoms with Gasteiger partial charge in [0, 0.05) is 38.1 Å². The first-order valence-electron chi connectivity index (χ1n) is 9.53. The van der Waals surface area contributed by atoms with Gasteiger partial charge in [-0.2, -0.15) is 10.2 Å². The SMILES string of the molecule is Cn1nccc1-c1cc(N2CC3CCC(C2)O3)nn2c(-c3ccn[nH]3)ncc12. The second-order valence-electron chi connectivity index (χ2n) is 7.47. The molecule has 142 valence electrons. The molecule has 28 heavy (non-hydrogen) atoms. The molecule has 2 unspecified atom stereocenters. The summed E-state index contributed by atoms with van der Waals surface area (Å²) >= 11 is 0. The molecule has 2 fully saturated rings. The molecule has 0 aliphatic carbocycles. The molecule has 0 spiro atoms. The fourth-order valence-corrected chi connectivity index (χ4v) is 4.33. The van der Waals surface area contributed by atoms with E-state index >= 15 is 0 Å². The van der Waals surface area contributed by atoms with E-state index in [1.807, 2.05) is 40.8 Å². The zero-order valence-electron chi connectivity index (χ0n) is 15.5. The van der Waals surface area contributed by atoms with Crippen LogP contribution in [-0.2, 0) is 11.8 Å². The van der Waals surface area contributed by atoms with Crippen molar-refractivity contribution in [3.05, 3.63) is 36.8 Å². The Morgan fingerprint density at radius 3 is 2.71 bits per heavy atom. The van der Waals surface area contributed by atoms with Crippen LogP contribution in [-0.4, -0.2) is 59.9 Å². The highest BCUT2D eigenvalue weighted by Crippen LogP contribution is 2.33. The van der Waals surface area contributed by atoms with E-state index in [1.54, 1.807) is 6.20 Å². The Bertz CT molecular complexity index is 1130. The first-order valence-corrected chi connectivity index (χ1v) is 9.53. The third kappa shape index (κ3) is 2.36. The minimum atomic E-state index is 0.297. The van der Waals surface area contributed by atoms with Gasteiger partial charge in [-0.25, -0.2) is 9.50 Å². The van der Waals surface area contributed by atoms with Crippen molar-refractivity contribution in [1.29, 1.82) is 0 Å². The standard InChI is InChI=1S/C19H20N8O/c1-25-16(5-7-22-25)14-8-18(26-10-12-2-3-13(11-26)28-12)24-27-17(14)9-20-19(27)15-4-6-21-23-15/h4-9,12-13H,2-3,10-11H2,1H3,(H,21,23). The van der Waals surface area contributed by atoms with Gasteiger partial charge in [-0.1, -0.05) is 0 Å². The molecule has 4 aromatic heterocycles. The van der Waals surface area contributed by atoms with Crippen LogP contribution in [0, 0.1) is 0 Å². The summed E-state index contributed by atoms with van der Waals surface area (Å²) in [4.78, 5) is 6.96. The fraction of sp³-hybridized carbons (Fsp3) is 0.368. The number of anilines is 1. The zero-order chi connectivity index (χ0) is 18.7. The molecule has 2 aliphatic rings. The predicted molar refractivity (Wildman–Crippen MR) is 103 cm³/mol. The number of hydrogen-bond acceptors (Lipinski definition) is 6. The maximum atomic E-state index is 6.01. The normalized spacial score (nSPS) is 21.7. The van der Waals surface area contributed by atoms with Gasteiger partial charge >= 0.3 is 0 Å². The Morgan fingerprint density at radius 1 is 1.14 bits per heavy atom. The van der Waals surface area contributed by atoms with E-state index in [4.69, 9.17) is 9.84 Å². The number of hydrogen-bond donors (Lipinski definition) is 1. The third-order valence-corrected chi connectivity index (χ3v) is 5.70. The zero-order valence-corrected chi connectivity index (χ0v) is 15.5. The number of rotatable bonds is 3. The van der Waals surface area contributed by atoms with Gasteiger partial charge in [0.1, 0.15) is 11.5 Å². The number of ether oxygens (including phenoxy) is 1. The van der Waals surface area contributed by atoms with Crippen LogP contribution in [0.2, 0.25) is 0 Å². The summed E-state index contributed by atoms with van der Waals surface area (Å²) in [6.07, 6.45) is 8.25. The number of aromatic nitrogens is 7. The number of morpholine rings is 1. The molecule has 1 N–H and O–H groups in total. The second kappa shape index (κ2) is 5.90. The van der Waals surface area contributed by atoms with E-state index in [9.17, 15) is 0 Å². The molecule has 0 amide bonds. The van der Waals surface area contributed by atoms with Gasteiger partial charge < -0.3 is 9.64 Å². The van der Waals surface area contributed by atoms with Gasteiger partial charge in [-0.15, -0.1) is 5.10 Å². The smallest absolute Gasteiger partial charge is 0.179 e. The summed E-state index contributed by atoms with van der Waals surface area (Å²) in [5.74, 6) is 1.68. The molecule has 2 bridgehead atoms. The molecule has 6 rings (SSSR count). The monoisotopic (exact) mass is 376 g/mol. The Labute approximate surface area is 160 Å². The quantitative estimate of drug-likeness (QED) is 0.587. The van der Waals surface area contributed by atoms with E-state index in [0.29, 0.717) is 12.2 Å². The Balaban J connectivity index is 1.56. The van der Waals surface area contributed by atoms with E-state index in [1.165, 1.54) is 0 Å². The molecule has 4 aromatic rings. The third-order valence-electron chi connectivity index (χ3n) is 5.70. The summed E-state index contributed by atoms with van der Waals surface area (Å²) < 4.78 is 9.79. The number of nitrogens with zero attached hydrogens (tertiary/aromatic N) is 7. The lowest BCUT2D eigenvalue weighted by Crippen LogP contribution is -2.43. The van der Waals surface area contributed by atoms with Crippen molar-refractivity contribution in [2.75, 3.05) is 18.0 Å². The van der Waals surface area contributed by atoms with Crippen LogP contribution in [0.1, 0.15) is 12.8 Å². The van der Waals surface area contributed by atoms with Crippen LogP contribution >= 0.6 is 0 Å². The molecule has 9 nitrogen and oxygen atoms in total. The molecular weight excluding hydrogens is 356 g/mol. The molecule has 2 aliphatic heterocycles. The summed E-state index contributed by atoms with van der Waals surface area (Å²) in [6, 6.07) is 6.07. The van der Waals surface area contributed by atoms with Gasteiger partial charge in [-0.3, -0.25) is 9.78 Å². The van der Waals surface area contributed by atoms with E-state index in [0.717, 1.165) is 60.0 Å². The first kappa shape index (κ1) is 15.8. The molecule has 9 heteroatoms. The lowest BCUT2D eigenvalue weighted by molar-refractivity contribution is 0.0301. The average molecular weight is 376 g/mol. The summed E-state index contributed by atoms with van der Waals surface area (Å²) in [6.45, 7) is 1.74. The van der Waals surface area contributed by atoms with Crippen molar-refractivity contribution in [3.63, 3.8) is 0 Å². The summed E-state index contributed by atoms with van der Waals surface area (Å²) in [5, 5.41) is 16.4. The fourth-order valence-electron chi connectivity index (χ4n) is 4.33. The molecule has 2 saturated heterocycles. The van der Waals surface area contributed by atoms with Crippen molar-refractivity contribution < 1.29 is 4.74 Å². The van der Waals surface area contributed by atoms with E-state index < -0.39 is 0 Å². The van der Waals surface area contributed by atoms with Crippen molar-refractivity contribution in [2.45, 2.75) is 25.0 Å². The Hall–Kier alpha value is -3.20. The van der Waals surface area contributed by atoms with Gasteiger partial charge in [0.05, 0.1) is 29.6 Å². The lowest BCUT2D eigenvalue weighted by atomic mass is 10.1. The van der Waals surface area contributed by atoms with Crippen molar-refractivity contribution in [3.8, 4) is 22.8 Å². The largest absolute Gasteiger partial charge is 0.371 e. The molecule has 0 saturated carbocycles. The van der Waals surface area contributed by atoms with Crippen LogP contribution in [0.5, 0.6) is 0 Å². The maximum Gasteiger partial charge on any atom is 0.179 e.